The number of benzene rings is 1. The monoisotopic (exact) mass is 271 g/mol. The second-order valence-corrected chi connectivity index (χ2v) is 5.49. The lowest BCUT2D eigenvalue weighted by atomic mass is 10.0. The summed E-state index contributed by atoms with van der Waals surface area (Å²) in [6.07, 6.45) is 0.327. The molecule has 0 saturated heterocycles. The molecule has 1 amide bonds. The van der Waals surface area contributed by atoms with Crippen LogP contribution in [0, 0.1) is 12.8 Å². The number of aromatic nitrogens is 1. The highest BCUT2D eigenvalue weighted by molar-refractivity contribution is 6.01. The van der Waals surface area contributed by atoms with Gasteiger partial charge in [-0.05, 0) is 25.0 Å². The summed E-state index contributed by atoms with van der Waals surface area (Å²) in [6.45, 7) is 5.95. The Hall–Kier alpha value is -1.94. The second kappa shape index (κ2) is 6.01. The number of nitrogens with one attached hydrogen (secondary N) is 1. The van der Waals surface area contributed by atoms with Gasteiger partial charge in [0.05, 0.1) is 11.2 Å². The third kappa shape index (κ3) is 3.33. The van der Waals surface area contributed by atoms with Crippen LogP contribution < -0.4 is 11.1 Å². The number of rotatable bonds is 4. The number of carbonyl (C=O) groups is 1. The van der Waals surface area contributed by atoms with E-state index in [1.807, 2.05) is 51.1 Å². The van der Waals surface area contributed by atoms with Crippen molar-refractivity contribution in [2.45, 2.75) is 33.2 Å². The van der Waals surface area contributed by atoms with Crippen molar-refractivity contribution in [2.75, 3.05) is 5.32 Å². The molecule has 1 unspecified atom stereocenters. The average Bonchev–Trinajstić information content (AvgIpc) is 2.38. The number of carbonyl (C=O) groups excluding carboxylic acids is 1. The maximum absolute atomic E-state index is 12.1. The van der Waals surface area contributed by atoms with E-state index in [9.17, 15) is 4.79 Å². The van der Waals surface area contributed by atoms with Gasteiger partial charge in [-0.25, -0.2) is 0 Å². The van der Waals surface area contributed by atoms with E-state index in [1.54, 1.807) is 0 Å². The molecule has 0 fully saturated rings. The Labute approximate surface area is 119 Å². The molecule has 0 saturated carbocycles. The predicted molar refractivity (Wildman–Crippen MR) is 82.5 cm³/mol. The van der Waals surface area contributed by atoms with Gasteiger partial charge in [-0.3, -0.25) is 9.78 Å². The van der Waals surface area contributed by atoms with E-state index in [-0.39, 0.29) is 17.9 Å². The van der Waals surface area contributed by atoms with Crippen LogP contribution in [-0.2, 0) is 4.79 Å². The summed E-state index contributed by atoms with van der Waals surface area (Å²) in [5, 5.41) is 3.90. The number of amides is 1. The van der Waals surface area contributed by atoms with Crippen molar-refractivity contribution in [1.29, 1.82) is 0 Å². The SMILES string of the molecule is Cc1cc(NC(=O)CC(N)C(C)C)c2ccccc2n1. The molecule has 0 radical (unpaired) electrons. The number of aryl methyl sites for hydroxylation is 1. The van der Waals surface area contributed by atoms with Crippen molar-refractivity contribution in [3.63, 3.8) is 0 Å². The largest absolute Gasteiger partial charge is 0.327 e. The zero-order chi connectivity index (χ0) is 14.7. The highest BCUT2D eigenvalue weighted by Crippen LogP contribution is 2.23. The molecule has 4 heteroatoms. The normalized spacial score (nSPS) is 12.7. The Bertz CT molecular complexity index is 622. The van der Waals surface area contributed by atoms with Crippen molar-refractivity contribution in [3.05, 3.63) is 36.0 Å². The first-order valence-electron chi connectivity index (χ1n) is 6.89. The summed E-state index contributed by atoms with van der Waals surface area (Å²) in [5.41, 5.74) is 8.51. The molecule has 106 valence electrons. The molecule has 1 aromatic carbocycles. The van der Waals surface area contributed by atoms with E-state index < -0.39 is 0 Å². The van der Waals surface area contributed by atoms with Crippen LogP contribution >= 0.6 is 0 Å². The minimum absolute atomic E-state index is 0.0537. The quantitative estimate of drug-likeness (QED) is 0.898. The van der Waals surface area contributed by atoms with E-state index in [0.717, 1.165) is 22.3 Å². The first-order chi connectivity index (χ1) is 9.47. The van der Waals surface area contributed by atoms with Gasteiger partial charge >= 0.3 is 0 Å². The Morgan fingerprint density at radius 1 is 1.35 bits per heavy atom. The fourth-order valence-corrected chi connectivity index (χ4v) is 2.06. The number of hydrogen-bond donors (Lipinski definition) is 2. The minimum atomic E-state index is -0.121. The molecule has 0 spiro atoms. The Morgan fingerprint density at radius 2 is 2.05 bits per heavy atom. The number of hydrogen-bond acceptors (Lipinski definition) is 3. The number of anilines is 1. The van der Waals surface area contributed by atoms with Gasteiger partial charge in [-0.2, -0.15) is 0 Å². The molecule has 0 aliphatic rings. The lowest BCUT2D eigenvalue weighted by Crippen LogP contribution is -2.31. The number of para-hydroxylation sites is 1. The van der Waals surface area contributed by atoms with Crippen LogP contribution in [0.1, 0.15) is 26.0 Å². The van der Waals surface area contributed by atoms with Gasteiger partial charge in [-0.15, -0.1) is 0 Å². The molecule has 1 heterocycles. The Balaban J connectivity index is 2.23. The van der Waals surface area contributed by atoms with Gasteiger partial charge in [0.1, 0.15) is 0 Å². The van der Waals surface area contributed by atoms with Gasteiger partial charge in [0.25, 0.3) is 0 Å². The molecular formula is C16H21N3O. The minimum Gasteiger partial charge on any atom is -0.327 e. The summed E-state index contributed by atoms with van der Waals surface area (Å²) in [7, 11) is 0. The van der Waals surface area contributed by atoms with Crippen molar-refractivity contribution in [1.82, 2.24) is 4.98 Å². The molecule has 2 aromatic rings. The molecule has 4 nitrogen and oxygen atoms in total. The highest BCUT2D eigenvalue weighted by Gasteiger charge is 2.14. The molecule has 0 bridgehead atoms. The molecule has 0 aliphatic heterocycles. The fraction of sp³-hybridized carbons (Fsp3) is 0.375. The van der Waals surface area contributed by atoms with E-state index in [0.29, 0.717) is 6.42 Å². The van der Waals surface area contributed by atoms with Crippen molar-refractivity contribution >= 4 is 22.5 Å². The lowest BCUT2D eigenvalue weighted by Gasteiger charge is -2.16. The summed E-state index contributed by atoms with van der Waals surface area (Å²) in [6, 6.07) is 9.55. The van der Waals surface area contributed by atoms with E-state index >= 15 is 0 Å². The zero-order valence-electron chi connectivity index (χ0n) is 12.2. The summed E-state index contributed by atoms with van der Waals surface area (Å²) in [4.78, 5) is 16.5. The maximum atomic E-state index is 12.1. The molecule has 0 aliphatic carbocycles. The maximum Gasteiger partial charge on any atom is 0.225 e. The topological polar surface area (TPSA) is 68.0 Å². The van der Waals surface area contributed by atoms with Crippen LogP contribution in [0.4, 0.5) is 5.69 Å². The summed E-state index contributed by atoms with van der Waals surface area (Å²) >= 11 is 0. The van der Waals surface area contributed by atoms with Gasteiger partial charge in [-0.1, -0.05) is 32.0 Å². The van der Waals surface area contributed by atoms with E-state index in [4.69, 9.17) is 5.73 Å². The van der Waals surface area contributed by atoms with Crippen LogP contribution in [0.25, 0.3) is 10.9 Å². The number of fused-ring (bicyclic) bond motifs is 1. The Kier molecular flexibility index (Phi) is 4.35. The van der Waals surface area contributed by atoms with E-state index in [2.05, 4.69) is 10.3 Å². The summed E-state index contributed by atoms with van der Waals surface area (Å²) in [5.74, 6) is 0.235. The molecule has 1 atom stereocenters. The van der Waals surface area contributed by atoms with E-state index in [1.165, 1.54) is 0 Å². The second-order valence-electron chi connectivity index (χ2n) is 5.49. The fourth-order valence-electron chi connectivity index (χ4n) is 2.06. The third-order valence-corrected chi connectivity index (χ3v) is 3.40. The first-order valence-corrected chi connectivity index (χ1v) is 6.89. The first kappa shape index (κ1) is 14.5. The van der Waals surface area contributed by atoms with Gasteiger partial charge in [0.15, 0.2) is 0 Å². The molecule has 2 rings (SSSR count). The van der Waals surface area contributed by atoms with Crippen LogP contribution in [-0.4, -0.2) is 16.9 Å². The standard InChI is InChI=1S/C16H21N3O/c1-10(2)13(17)9-16(20)19-15-8-11(3)18-14-7-5-4-6-12(14)15/h4-8,10,13H,9,17H2,1-3H3,(H,18,19,20). The van der Waals surface area contributed by atoms with Crippen molar-refractivity contribution in [2.24, 2.45) is 11.7 Å². The predicted octanol–water partition coefficient (Wildman–Crippen LogP) is 2.86. The van der Waals surface area contributed by atoms with Crippen LogP contribution in [0.15, 0.2) is 30.3 Å². The molecule has 1 aromatic heterocycles. The lowest BCUT2D eigenvalue weighted by molar-refractivity contribution is -0.116. The zero-order valence-corrected chi connectivity index (χ0v) is 12.2. The summed E-state index contributed by atoms with van der Waals surface area (Å²) < 4.78 is 0. The Morgan fingerprint density at radius 3 is 2.75 bits per heavy atom. The van der Waals surface area contributed by atoms with Crippen LogP contribution in [0.5, 0.6) is 0 Å². The van der Waals surface area contributed by atoms with Crippen molar-refractivity contribution < 1.29 is 4.79 Å². The third-order valence-electron chi connectivity index (χ3n) is 3.40. The number of nitrogens with zero attached hydrogens (tertiary/aromatic N) is 1. The number of nitrogens with two attached hydrogens (primary N) is 1. The average molecular weight is 271 g/mol. The number of pyridine rings is 1. The van der Waals surface area contributed by atoms with Crippen LogP contribution in [0.3, 0.4) is 0 Å². The highest BCUT2D eigenvalue weighted by atomic mass is 16.1. The van der Waals surface area contributed by atoms with Gasteiger partial charge < -0.3 is 11.1 Å². The van der Waals surface area contributed by atoms with Crippen LogP contribution in [0.2, 0.25) is 0 Å². The molecular weight excluding hydrogens is 250 g/mol. The van der Waals surface area contributed by atoms with Gasteiger partial charge in [0.2, 0.25) is 5.91 Å². The van der Waals surface area contributed by atoms with Crippen molar-refractivity contribution in [3.8, 4) is 0 Å². The smallest absolute Gasteiger partial charge is 0.225 e. The molecule has 20 heavy (non-hydrogen) atoms. The molecule has 3 N–H and O–H groups in total. The van der Waals surface area contributed by atoms with Gasteiger partial charge in [0, 0.05) is 23.5 Å².